The van der Waals surface area contributed by atoms with E-state index < -0.39 is 0 Å². The van der Waals surface area contributed by atoms with Crippen molar-refractivity contribution < 1.29 is 0 Å². The Balaban J connectivity index is 0.845. The predicted octanol–water partition coefficient (Wildman–Crippen LogP) is 23.9. The number of nitrogens with one attached hydrogen (secondary N) is 2. The fraction of sp³-hybridized carbons (Fsp3) is 0. The largest absolute Gasteiger partial charge is 0.398 e. The van der Waals surface area contributed by atoms with E-state index in [1.54, 1.807) is 0 Å². The van der Waals surface area contributed by atoms with Crippen LogP contribution in [0, 0.1) is 0 Å². The van der Waals surface area contributed by atoms with E-state index in [-0.39, 0.29) is 0 Å². The van der Waals surface area contributed by atoms with Crippen molar-refractivity contribution in [3.05, 3.63) is 290 Å². The second kappa shape index (κ2) is 25.2. The summed E-state index contributed by atoms with van der Waals surface area (Å²) >= 11 is 0. The number of aromatic amines is 2. The average molecular weight is 1290 g/mol. The maximum Gasteiger partial charge on any atom is 0.0936 e. The summed E-state index contributed by atoms with van der Waals surface area (Å²) in [6.45, 7) is 0. The third-order valence-corrected chi connectivity index (χ3v) is 18.2. The SMILES string of the molecule is Nc1ccc(N=Nc2ccc(-c3c4nc(c(-c5ccc(N=Nc6ccc(N)c7ccccc67)cc5)c5ccc([nH]5)c(-c5ccc(N=Nc6ccc(N)c7ccccc67)cc5)c5nc(c(-c6ccc(N=Nc7ccc(N)c8ccccc78)cc6)c6ccc3[nH]6)C=C5)C=C4)cc2)c2ccccc12. The van der Waals surface area contributed by atoms with Gasteiger partial charge >= 0.3 is 0 Å². The number of nitrogens with zero attached hydrogens (tertiary/aromatic N) is 10. The summed E-state index contributed by atoms with van der Waals surface area (Å²) in [5.41, 5.74) is 47.0. The highest BCUT2D eigenvalue weighted by Gasteiger charge is 2.21. The number of azo groups is 4. The van der Waals surface area contributed by atoms with Crippen LogP contribution < -0.4 is 22.9 Å². The van der Waals surface area contributed by atoms with E-state index in [2.05, 4.69) is 107 Å². The van der Waals surface area contributed by atoms with Crippen LogP contribution >= 0.6 is 0 Å². The van der Waals surface area contributed by atoms with Gasteiger partial charge in [0, 0.05) is 110 Å². The number of nitrogens with two attached hydrogens (primary N) is 4. The van der Waals surface area contributed by atoms with Crippen LogP contribution in [0.1, 0.15) is 22.8 Å². The van der Waals surface area contributed by atoms with Crippen molar-refractivity contribution in [1.82, 2.24) is 19.9 Å². The molecule has 16 heteroatoms. The average Bonchev–Trinajstić information content (AvgIpc) is 1.60. The van der Waals surface area contributed by atoms with Crippen molar-refractivity contribution in [1.29, 1.82) is 0 Å². The lowest BCUT2D eigenvalue weighted by Crippen LogP contribution is -1.89. The van der Waals surface area contributed by atoms with Gasteiger partial charge in [-0.3, -0.25) is 0 Å². The molecule has 15 aromatic rings. The quantitative estimate of drug-likeness (QED) is 0.0511. The zero-order chi connectivity index (χ0) is 67.2. The van der Waals surface area contributed by atoms with Gasteiger partial charge in [0.25, 0.3) is 0 Å². The molecule has 8 bridgehead atoms. The summed E-state index contributed by atoms with van der Waals surface area (Å²) in [5.74, 6) is 0. The molecule has 10 N–H and O–H groups in total. The molecule has 0 fully saturated rings. The molecule has 0 atom stereocenters. The van der Waals surface area contributed by atoms with Crippen molar-refractivity contribution in [2.75, 3.05) is 22.9 Å². The lowest BCUT2D eigenvalue weighted by atomic mass is 10.0. The van der Waals surface area contributed by atoms with Crippen LogP contribution in [0.2, 0.25) is 0 Å². The predicted molar refractivity (Wildman–Crippen MR) is 411 cm³/mol. The van der Waals surface area contributed by atoms with Crippen LogP contribution in [0.4, 0.5) is 68.2 Å². The molecule has 0 amide bonds. The molecule has 100 heavy (non-hydrogen) atoms. The maximum atomic E-state index is 6.37. The third kappa shape index (κ3) is 11.3. The summed E-state index contributed by atoms with van der Waals surface area (Å²) in [6, 6.07) is 87.5. The molecule has 17 rings (SSSR count). The van der Waals surface area contributed by atoms with Gasteiger partial charge in [0.1, 0.15) is 0 Å². The molecule has 12 aromatic carbocycles. The van der Waals surface area contributed by atoms with Gasteiger partial charge < -0.3 is 32.9 Å². The van der Waals surface area contributed by atoms with E-state index in [9.17, 15) is 0 Å². The van der Waals surface area contributed by atoms with Crippen LogP contribution in [0.5, 0.6) is 0 Å². The summed E-state index contributed by atoms with van der Waals surface area (Å²) < 4.78 is 0. The highest BCUT2D eigenvalue weighted by atomic mass is 15.1. The Kier molecular flexibility index (Phi) is 15.0. The van der Waals surface area contributed by atoms with Crippen LogP contribution in [0.3, 0.4) is 0 Å². The first-order chi connectivity index (χ1) is 49.2. The van der Waals surface area contributed by atoms with Gasteiger partial charge in [-0.05, 0) is 168 Å². The second-order valence-electron chi connectivity index (χ2n) is 24.4. The van der Waals surface area contributed by atoms with E-state index in [0.717, 1.165) is 155 Å². The van der Waals surface area contributed by atoms with Crippen LogP contribution in [0.25, 0.3) is 134 Å². The third-order valence-electron chi connectivity index (χ3n) is 18.2. The van der Waals surface area contributed by atoms with Crippen LogP contribution in [-0.2, 0) is 0 Å². The van der Waals surface area contributed by atoms with Crippen molar-refractivity contribution >= 4 is 158 Å². The van der Waals surface area contributed by atoms with Gasteiger partial charge in [0.15, 0.2) is 0 Å². The summed E-state index contributed by atoms with van der Waals surface area (Å²) in [7, 11) is 0. The Bertz CT molecular complexity index is 5430. The van der Waals surface area contributed by atoms with Gasteiger partial charge in [0.2, 0.25) is 0 Å². The number of anilines is 4. The first kappa shape index (κ1) is 59.6. The molecular formula is C84H58N16. The summed E-state index contributed by atoms with van der Waals surface area (Å²) in [5, 5.41) is 45.2. The Morgan fingerprint density at radius 2 is 0.420 bits per heavy atom. The van der Waals surface area contributed by atoms with Gasteiger partial charge in [0.05, 0.1) is 68.3 Å². The smallest absolute Gasteiger partial charge is 0.0936 e. The Morgan fingerprint density at radius 3 is 0.640 bits per heavy atom. The van der Waals surface area contributed by atoms with Crippen molar-refractivity contribution in [2.45, 2.75) is 0 Å². The van der Waals surface area contributed by atoms with Crippen LogP contribution in [-0.4, -0.2) is 19.9 Å². The van der Waals surface area contributed by atoms with E-state index in [1.807, 2.05) is 194 Å². The number of nitrogen functional groups attached to an aromatic ring is 4. The summed E-state index contributed by atoms with van der Waals surface area (Å²) in [6.07, 6.45) is 8.31. The molecule has 0 saturated heterocycles. The second-order valence-corrected chi connectivity index (χ2v) is 24.4. The zero-order valence-corrected chi connectivity index (χ0v) is 53.5. The maximum absolute atomic E-state index is 6.37. The molecule has 2 aliphatic heterocycles. The fourth-order valence-corrected chi connectivity index (χ4v) is 13.2. The van der Waals surface area contributed by atoms with Crippen molar-refractivity contribution in [3.8, 4) is 44.5 Å². The van der Waals surface area contributed by atoms with E-state index in [4.69, 9.17) is 73.8 Å². The first-order valence-electron chi connectivity index (χ1n) is 32.5. The van der Waals surface area contributed by atoms with Gasteiger partial charge in [-0.2, -0.15) is 20.5 Å². The monoisotopic (exact) mass is 1290 g/mol. The molecule has 474 valence electrons. The minimum atomic E-state index is 0.670. The minimum absolute atomic E-state index is 0.670. The van der Waals surface area contributed by atoms with E-state index in [0.29, 0.717) is 45.5 Å². The number of hydrogen-bond donors (Lipinski definition) is 6. The molecule has 16 nitrogen and oxygen atoms in total. The van der Waals surface area contributed by atoms with Gasteiger partial charge in [-0.1, -0.05) is 146 Å². The minimum Gasteiger partial charge on any atom is -0.398 e. The number of fused-ring (bicyclic) bond motifs is 12. The highest BCUT2D eigenvalue weighted by Crippen LogP contribution is 2.43. The molecule has 2 aliphatic rings. The van der Waals surface area contributed by atoms with Crippen LogP contribution in [0.15, 0.2) is 308 Å². The molecule has 0 spiro atoms. The number of benzene rings is 12. The molecular weight excluding hydrogens is 1230 g/mol. The molecule has 0 aliphatic carbocycles. The molecule has 0 unspecified atom stereocenters. The number of aromatic nitrogens is 4. The van der Waals surface area contributed by atoms with Crippen molar-refractivity contribution in [2.24, 2.45) is 40.9 Å². The number of hydrogen-bond acceptors (Lipinski definition) is 14. The molecule has 5 heterocycles. The molecule has 3 aromatic heterocycles. The number of H-pyrrole nitrogens is 2. The Labute approximate surface area is 572 Å². The highest BCUT2D eigenvalue weighted by molar-refractivity contribution is 6.05. The Hall–Kier alpha value is -14.1. The Morgan fingerprint density at radius 1 is 0.210 bits per heavy atom. The van der Waals surface area contributed by atoms with E-state index in [1.165, 1.54) is 0 Å². The molecule has 0 saturated carbocycles. The fourth-order valence-electron chi connectivity index (χ4n) is 13.2. The topological polar surface area (TPSA) is 260 Å². The first-order valence-corrected chi connectivity index (χ1v) is 32.5. The normalized spacial score (nSPS) is 12.3. The number of rotatable bonds is 12. The zero-order valence-electron chi connectivity index (χ0n) is 53.5. The van der Waals surface area contributed by atoms with Crippen molar-refractivity contribution in [3.63, 3.8) is 0 Å². The lowest BCUT2D eigenvalue weighted by Gasteiger charge is -2.08. The van der Waals surface area contributed by atoms with E-state index >= 15 is 0 Å². The summed E-state index contributed by atoms with van der Waals surface area (Å²) in [4.78, 5) is 19.0. The lowest BCUT2D eigenvalue weighted by molar-refractivity contribution is 1.24. The standard InChI is InChI=1S/C84H58N16/c85-65-33-37-69(61-13-5-1-9-57(61)65)97-93-53-25-17-49(18-26-53)81-73-41-43-75(89-73)82(50-19-27-54(28-20-50)94-98-70-38-34-66(86)58-10-2-6-14-62(58)70)77-45-47-79(91-77)84(52-23-31-56(32-24-52)96-100-72-40-36-68(88)60-12-4-8-16-64(60)72)80-48-46-78(92-80)83(76-44-42-74(81)90-76)51-21-29-55(30-22-51)95-99-71-39-35-67(87)59-11-3-7-15-63(59)71/h1-48,89,92H,85-88H2. The molecule has 0 radical (unpaired) electrons. The van der Waals surface area contributed by atoms with Gasteiger partial charge in [-0.25, -0.2) is 9.97 Å². The van der Waals surface area contributed by atoms with Gasteiger partial charge in [-0.15, -0.1) is 20.5 Å².